The first-order chi connectivity index (χ1) is 8.01. The number of carboxylic acids is 1. The van der Waals surface area contributed by atoms with Crippen molar-refractivity contribution in [2.45, 2.75) is 20.0 Å². The van der Waals surface area contributed by atoms with Gasteiger partial charge in [-0.1, -0.05) is 13.0 Å². The van der Waals surface area contributed by atoms with E-state index in [0.717, 1.165) is 0 Å². The van der Waals surface area contributed by atoms with E-state index >= 15 is 0 Å². The fourth-order valence-corrected chi connectivity index (χ4v) is 1.43. The molecule has 0 saturated carbocycles. The van der Waals surface area contributed by atoms with Gasteiger partial charge >= 0.3 is 12.6 Å². The second kappa shape index (κ2) is 5.25. The Morgan fingerprint density at radius 1 is 1.59 bits per heavy atom. The van der Waals surface area contributed by atoms with Gasteiger partial charge in [0.15, 0.2) is 0 Å². The highest BCUT2D eigenvalue weighted by molar-refractivity contribution is 5.94. The van der Waals surface area contributed by atoms with Crippen molar-refractivity contribution in [1.82, 2.24) is 0 Å². The number of halogens is 2. The number of nitriles is 1. The maximum absolute atomic E-state index is 12.2. The third-order valence-corrected chi connectivity index (χ3v) is 2.16. The predicted molar refractivity (Wildman–Crippen MR) is 54.1 cm³/mol. The molecular weight excluding hydrogens is 232 g/mol. The Bertz CT molecular complexity index is 480. The second-order valence-electron chi connectivity index (χ2n) is 3.13. The molecule has 0 aliphatic rings. The van der Waals surface area contributed by atoms with Crippen LogP contribution in [0.25, 0.3) is 0 Å². The third kappa shape index (κ3) is 2.69. The number of aryl methyl sites for hydroxylation is 1. The minimum absolute atomic E-state index is 0.203. The molecule has 0 radical (unpaired) electrons. The van der Waals surface area contributed by atoms with Crippen LogP contribution in [0.15, 0.2) is 12.1 Å². The highest BCUT2D eigenvalue weighted by atomic mass is 19.3. The number of aromatic carboxylic acids is 1. The van der Waals surface area contributed by atoms with E-state index in [0.29, 0.717) is 12.0 Å². The average molecular weight is 241 g/mol. The van der Waals surface area contributed by atoms with Crippen molar-refractivity contribution in [3.63, 3.8) is 0 Å². The molecule has 0 aliphatic carbocycles. The number of rotatable bonds is 4. The molecule has 0 spiro atoms. The Balaban J connectivity index is 3.48. The third-order valence-electron chi connectivity index (χ3n) is 2.16. The van der Waals surface area contributed by atoms with E-state index < -0.39 is 23.9 Å². The van der Waals surface area contributed by atoms with E-state index in [4.69, 9.17) is 10.4 Å². The van der Waals surface area contributed by atoms with E-state index in [1.54, 1.807) is 13.0 Å². The normalized spacial score (nSPS) is 10.1. The number of benzene rings is 1. The van der Waals surface area contributed by atoms with Crippen LogP contribution in [-0.2, 0) is 6.42 Å². The van der Waals surface area contributed by atoms with Gasteiger partial charge in [-0.2, -0.15) is 14.0 Å². The highest BCUT2D eigenvalue weighted by Gasteiger charge is 2.22. The molecule has 1 aromatic rings. The van der Waals surface area contributed by atoms with Crippen molar-refractivity contribution in [2.75, 3.05) is 0 Å². The number of alkyl halides is 2. The number of carbonyl (C=O) groups is 1. The van der Waals surface area contributed by atoms with Gasteiger partial charge in [0.1, 0.15) is 17.4 Å². The SMILES string of the molecule is CCc1ccc(C#N)c(C(=O)O)c1OC(F)F. The van der Waals surface area contributed by atoms with Gasteiger partial charge in [0, 0.05) is 0 Å². The average Bonchev–Trinajstić information content (AvgIpc) is 2.27. The molecule has 0 fully saturated rings. The number of hydrogen-bond donors (Lipinski definition) is 1. The van der Waals surface area contributed by atoms with E-state index in [2.05, 4.69) is 4.74 Å². The van der Waals surface area contributed by atoms with Crippen LogP contribution in [-0.4, -0.2) is 17.7 Å². The zero-order valence-corrected chi connectivity index (χ0v) is 8.91. The molecule has 0 saturated heterocycles. The molecular formula is C11H9F2NO3. The molecule has 90 valence electrons. The smallest absolute Gasteiger partial charge is 0.387 e. The number of carboxylic acid groups (broad SMARTS) is 1. The Labute approximate surface area is 96.0 Å². The van der Waals surface area contributed by atoms with Crippen LogP contribution in [0, 0.1) is 11.3 Å². The van der Waals surface area contributed by atoms with Gasteiger partial charge in [-0.15, -0.1) is 0 Å². The molecule has 0 aliphatic heterocycles. The summed E-state index contributed by atoms with van der Waals surface area (Å²) in [5.41, 5.74) is -0.404. The lowest BCUT2D eigenvalue weighted by molar-refractivity contribution is -0.0509. The molecule has 0 unspecified atom stereocenters. The first kappa shape index (κ1) is 12.9. The van der Waals surface area contributed by atoms with Crippen LogP contribution in [0.3, 0.4) is 0 Å². The van der Waals surface area contributed by atoms with Crippen LogP contribution in [0.2, 0.25) is 0 Å². The summed E-state index contributed by atoms with van der Waals surface area (Å²) in [6, 6.07) is 4.32. The van der Waals surface area contributed by atoms with Crippen molar-refractivity contribution < 1.29 is 23.4 Å². The summed E-state index contributed by atoms with van der Waals surface area (Å²) in [6.45, 7) is -1.46. The van der Waals surface area contributed by atoms with Gasteiger partial charge in [-0.3, -0.25) is 0 Å². The summed E-state index contributed by atoms with van der Waals surface area (Å²) in [5.74, 6) is -1.90. The summed E-state index contributed by atoms with van der Waals surface area (Å²) >= 11 is 0. The maximum atomic E-state index is 12.2. The van der Waals surface area contributed by atoms with Crippen LogP contribution in [0.1, 0.15) is 28.4 Å². The lowest BCUT2D eigenvalue weighted by Gasteiger charge is -2.13. The minimum atomic E-state index is -3.13. The lowest BCUT2D eigenvalue weighted by Crippen LogP contribution is -2.11. The number of hydrogen-bond acceptors (Lipinski definition) is 3. The standard InChI is InChI=1S/C11H9F2NO3/c1-2-6-3-4-7(5-14)8(10(15)16)9(6)17-11(12)13/h3-4,11H,2H2,1H3,(H,15,16). The van der Waals surface area contributed by atoms with Crippen molar-refractivity contribution >= 4 is 5.97 Å². The van der Waals surface area contributed by atoms with Gasteiger partial charge in [0.25, 0.3) is 0 Å². The second-order valence-corrected chi connectivity index (χ2v) is 3.13. The Morgan fingerprint density at radius 3 is 2.65 bits per heavy atom. The molecule has 1 aromatic carbocycles. The Hall–Kier alpha value is -2.16. The van der Waals surface area contributed by atoms with Crippen molar-refractivity contribution in [3.05, 3.63) is 28.8 Å². The quantitative estimate of drug-likeness (QED) is 0.878. The van der Waals surface area contributed by atoms with Crippen LogP contribution >= 0.6 is 0 Å². The van der Waals surface area contributed by atoms with E-state index in [1.807, 2.05) is 0 Å². The van der Waals surface area contributed by atoms with Gasteiger partial charge in [0.05, 0.1) is 5.56 Å². The molecule has 1 N–H and O–H groups in total. The van der Waals surface area contributed by atoms with Crippen molar-refractivity contribution in [3.8, 4) is 11.8 Å². The van der Waals surface area contributed by atoms with Crippen molar-refractivity contribution in [2.24, 2.45) is 0 Å². The molecule has 0 heterocycles. The van der Waals surface area contributed by atoms with Crippen molar-refractivity contribution in [1.29, 1.82) is 5.26 Å². The summed E-state index contributed by atoms with van der Waals surface area (Å²) in [7, 11) is 0. The Morgan fingerprint density at radius 2 is 2.24 bits per heavy atom. The van der Waals surface area contributed by atoms with E-state index in [1.165, 1.54) is 12.1 Å². The largest absolute Gasteiger partial charge is 0.478 e. The maximum Gasteiger partial charge on any atom is 0.387 e. The number of nitrogens with zero attached hydrogens (tertiary/aromatic N) is 1. The van der Waals surface area contributed by atoms with Gasteiger partial charge in [-0.25, -0.2) is 4.79 Å². The van der Waals surface area contributed by atoms with Gasteiger partial charge in [-0.05, 0) is 18.1 Å². The fraction of sp³-hybridized carbons (Fsp3) is 0.273. The first-order valence-electron chi connectivity index (χ1n) is 4.75. The fourth-order valence-electron chi connectivity index (χ4n) is 1.43. The van der Waals surface area contributed by atoms with E-state index in [-0.39, 0.29) is 5.56 Å². The summed E-state index contributed by atoms with van der Waals surface area (Å²) < 4.78 is 28.6. The molecule has 0 aromatic heterocycles. The van der Waals surface area contributed by atoms with Crippen LogP contribution in [0.4, 0.5) is 8.78 Å². The molecule has 17 heavy (non-hydrogen) atoms. The summed E-state index contributed by atoms with van der Waals surface area (Å²) in [4.78, 5) is 11.0. The molecule has 1 rings (SSSR count). The lowest BCUT2D eigenvalue weighted by atomic mass is 10.0. The van der Waals surface area contributed by atoms with Gasteiger partial charge in [0.2, 0.25) is 0 Å². The number of ether oxygens (including phenoxy) is 1. The summed E-state index contributed by atoms with van der Waals surface area (Å²) in [6.07, 6.45) is 0.327. The zero-order chi connectivity index (χ0) is 13.0. The zero-order valence-electron chi connectivity index (χ0n) is 8.91. The monoisotopic (exact) mass is 241 g/mol. The van der Waals surface area contributed by atoms with E-state index in [9.17, 15) is 13.6 Å². The molecule has 0 atom stereocenters. The highest BCUT2D eigenvalue weighted by Crippen LogP contribution is 2.29. The predicted octanol–water partition coefficient (Wildman–Crippen LogP) is 2.42. The molecule has 6 heteroatoms. The minimum Gasteiger partial charge on any atom is -0.478 e. The molecule has 0 amide bonds. The first-order valence-corrected chi connectivity index (χ1v) is 4.75. The Kier molecular flexibility index (Phi) is 3.99. The summed E-state index contributed by atoms with van der Waals surface area (Å²) in [5, 5.41) is 17.7. The van der Waals surface area contributed by atoms with Crippen LogP contribution in [0.5, 0.6) is 5.75 Å². The topological polar surface area (TPSA) is 70.3 Å². The molecule has 0 bridgehead atoms. The van der Waals surface area contributed by atoms with Gasteiger partial charge < -0.3 is 9.84 Å². The van der Waals surface area contributed by atoms with Crippen LogP contribution < -0.4 is 4.74 Å². The molecule has 4 nitrogen and oxygen atoms in total.